The lowest BCUT2D eigenvalue weighted by molar-refractivity contribution is 1.69. The topological polar surface area (TPSA) is 0 Å². The molecular weight excluding hydrogens is 528 g/mol. The highest BCUT2D eigenvalue weighted by Crippen LogP contribution is 2.43. The van der Waals surface area contributed by atoms with Gasteiger partial charge in [-0.3, -0.25) is 0 Å². The Hall–Kier alpha value is -5.72. The molecule has 10 rings (SSSR count). The van der Waals surface area contributed by atoms with Gasteiger partial charge in [0.1, 0.15) is 0 Å². The van der Waals surface area contributed by atoms with Crippen molar-refractivity contribution in [3.05, 3.63) is 158 Å². The van der Waals surface area contributed by atoms with E-state index in [-0.39, 0.29) is 0 Å². The first-order valence-electron chi connectivity index (χ1n) is 15.4. The van der Waals surface area contributed by atoms with Gasteiger partial charge in [-0.15, -0.1) is 0 Å². The lowest BCUT2D eigenvalue weighted by atomic mass is 9.87. The Morgan fingerprint density at radius 1 is 0.205 bits per heavy atom. The summed E-state index contributed by atoms with van der Waals surface area (Å²) in [5, 5.41) is 18.2. The zero-order valence-electron chi connectivity index (χ0n) is 24.0. The largest absolute Gasteiger partial charge is 0.0616 e. The first kappa shape index (κ1) is 23.8. The monoisotopic (exact) mass is 554 g/mol. The molecule has 0 unspecified atom stereocenters. The van der Waals surface area contributed by atoms with Crippen LogP contribution in [0.1, 0.15) is 0 Å². The van der Waals surface area contributed by atoms with Crippen molar-refractivity contribution in [2.45, 2.75) is 0 Å². The molecule has 0 heterocycles. The Morgan fingerprint density at radius 3 is 1.55 bits per heavy atom. The van der Waals surface area contributed by atoms with Crippen LogP contribution in [0.15, 0.2) is 158 Å². The molecule has 0 aliphatic rings. The van der Waals surface area contributed by atoms with Gasteiger partial charge in [0.05, 0.1) is 0 Å². The summed E-state index contributed by atoms with van der Waals surface area (Å²) in [5.41, 5.74) is 5.14. The van der Waals surface area contributed by atoms with E-state index in [4.69, 9.17) is 0 Å². The predicted molar refractivity (Wildman–Crippen MR) is 191 cm³/mol. The van der Waals surface area contributed by atoms with Crippen LogP contribution in [0.25, 0.3) is 97.7 Å². The van der Waals surface area contributed by atoms with E-state index in [9.17, 15) is 0 Å². The van der Waals surface area contributed by atoms with Crippen molar-refractivity contribution in [3.63, 3.8) is 0 Å². The van der Waals surface area contributed by atoms with Crippen molar-refractivity contribution in [1.29, 1.82) is 0 Å². The van der Waals surface area contributed by atoms with Gasteiger partial charge in [-0.1, -0.05) is 146 Å². The summed E-state index contributed by atoms with van der Waals surface area (Å²) in [4.78, 5) is 0. The van der Waals surface area contributed by atoms with Gasteiger partial charge in [0.15, 0.2) is 0 Å². The van der Waals surface area contributed by atoms with Crippen LogP contribution in [-0.4, -0.2) is 0 Å². The third kappa shape index (κ3) is 3.28. The number of hydrogen-bond acceptors (Lipinski definition) is 0. The quantitative estimate of drug-likeness (QED) is 0.147. The summed E-state index contributed by atoms with van der Waals surface area (Å²) in [6.07, 6.45) is 0. The van der Waals surface area contributed by atoms with Gasteiger partial charge in [0.25, 0.3) is 0 Å². The molecule has 0 atom stereocenters. The minimum absolute atomic E-state index is 1.27. The van der Waals surface area contributed by atoms with Crippen LogP contribution in [0.5, 0.6) is 0 Å². The standard InChI is InChI=1S/C44H26/c1-2-12-33-27(7-1)8-4-13-34(33)36-14-5-11-31-25-42-32(26-41(31)36)21-23-38-35(15-6-16-37(38)42)39-22-19-30-18-17-28-9-3-10-29-20-24-40(39)44(30)43(28)29/h1-26H. The minimum Gasteiger partial charge on any atom is -0.0616 e. The Kier molecular flexibility index (Phi) is 4.81. The predicted octanol–water partition coefficient (Wildman–Crippen LogP) is 12.5. The fourth-order valence-electron chi connectivity index (χ4n) is 7.77. The Balaban J connectivity index is 1.23. The second kappa shape index (κ2) is 8.89. The van der Waals surface area contributed by atoms with Gasteiger partial charge >= 0.3 is 0 Å². The van der Waals surface area contributed by atoms with Gasteiger partial charge in [0.2, 0.25) is 0 Å². The Labute approximate surface area is 254 Å². The highest BCUT2D eigenvalue weighted by atomic mass is 14.2. The summed E-state index contributed by atoms with van der Waals surface area (Å²) in [6, 6.07) is 58.6. The first-order valence-corrected chi connectivity index (χ1v) is 15.4. The molecule has 0 nitrogen and oxygen atoms in total. The highest BCUT2D eigenvalue weighted by Gasteiger charge is 2.15. The zero-order chi connectivity index (χ0) is 28.8. The van der Waals surface area contributed by atoms with E-state index in [1.807, 2.05) is 0 Å². The maximum absolute atomic E-state index is 2.40. The summed E-state index contributed by atoms with van der Waals surface area (Å²) in [5.74, 6) is 0. The second-order valence-electron chi connectivity index (χ2n) is 12.1. The fraction of sp³-hybridized carbons (Fsp3) is 0. The van der Waals surface area contributed by atoms with Crippen LogP contribution in [0.3, 0.4) is 0 Å². The molecule has 0 bridgehead atoms. The molecular formula is C44H26. The molecule has 0 aliphatic carbocycles. The molecule has 0 saturated heterocycles. The molecule has 0 fully saturated rings. The van der Waals surface area contributed by atoms with E-state index in [1.165, 1.54) is 97.7 Å². The third-order valence-electron chi connectivity index (χ3n) is 9.78. The molecule has 0 radical (unpaired) electrons. The number of fused-ring (bicyclic) bond motifs is 5. The third-order valence-corrected chi connectivity index (χ3v) is 9.78. The normalized spacial score (nSPS) is 12.1. The summed E-state index contributed by atoms with van der Waals surface area (Å²) < 4.78 is 0. The number of benzene rings is 10. The molecule has 0 saturated carbocycles. The molecule has 202 valence electrons. The molecule has 0 spiro atoms. The van der Waals surface area contributed by atoms with Crippen molar-refractivity contribution < 1.29 is 0 Å². The maximum Gasteiger partial charge on any atom is -0.00206 e. The van der Waals surface area contributed by atoms with Crippen LogP contribution in [-0.2, 0) is 0 Å². The van der Waals surface area contributed by atoms with Crippen molar-refractivity contribution in [2.24, 2.45) is 0 Å². The van der Waals surface area contributed by atoms with Gasteiger partial charge in [-0.05, 0) is 110 Å². The van der Waals surface area contributed by atoms with Crippen LogP contribution in [0.2, 0.25) is 0 Å². The van der Waals surface area contributed by atoms with E-state index in [2.05, 4.69) is 158 Å². The minimum atomic E-state index is 1.27. The van der Waals surface area contributed by atoms with E-state index < -0.39 is 0 Å². The van der Waals surface area contributed by atoms with E-state index in [1.54, 1.807) is 0 Å². The molecule has 10 aromatic carbocycles. The molecule has 0 N–H and O–H groups in total. The van der Waals surface area contributed by atoms with Crippen LogP contribution in [0, 0.1) is 0 Å². The molecule has 0 aliphatic heterocycles. The molecule has 44 heavy (non-hydrogen) atoms. The van der Waals surface area contributed by atoms with Gasteiger partial charge in [-0.2, -0.15) is 0 Å². The average Bonchev–Trinajstić information content (AvgIpc) is 3.09. The smallest absolute Gasteiger partial charge is 0.00206 e. The van der Waals surface area contributed by atoms with Crippen LogP contribution < -0.4 is 0 Å². The Bertz CT molecular complexity index is 2740. The Morgan fingerprint density at radius 2 is 0.682 bits per heavy atom. The summed E-state index contributed by atoms with van der Waals surface area (Å²) >= 11 is 0. The summed E-state index contributed by atoms with van der Waals surface area (Å²) in [6.45, 7) is 0. The van der Waals surface area contributed by atoms with Crippen LogP contribution >= 0.6 is 0 Å². The maximum atomic E-state index is 2.40. The number of hydrogen-bond donors (Lipinski definition) is 0. The lowest BCUT2D eigenvalue weighted by Crippen LogP contribution is -1.89. The van der Waals surface area contributed by atoms with Crippen molar-refractivity contribution in [3.8, 4) is 22.3 Å². The second-order valence-corrected chi connectivity index (χ2v) is 12.1. The lowest BCUT2D eigenvalue weighted by Gasteiger charge is -2.16. The first-order chi connectivity index (χ1) is 21.8. The van der Waals surface area contributed by atoms with Crippen molar-refractivity contribution in [2.75, 3.05) is 0 Å². The number of rotatable bonds is 2. The summed E-state index contributed by atoms with van der Waals surface area (Å²) in [7, 11) is 0. The van der Waals surface area contributed by atoms with Crippen molar-refractivity contribution in [1.82, 2.24) is 0 Å². The van der Waals surface area contributed by atoms with Crippen molar-refractivity contribution >= 4 is 75.4 Å². The van der Waals surface area contributed by atoms with Crippen LogP contribution in [0.4, 0.5) is 0 Å². The van der Waals surface area contributed by atoms with Gasteiger partial charge < -0.3 is 0 Å². The van der Waals surface area contributed by atoms with E-state index in [0.29, 0.717) is 0 Å². The SMILES string of the molecule is c1ccc2c(-c3cccc4cc5c(ccc6c(-c7ccc8ccc9cccc%10ccc7c8c9%10)cccc65)cc34)cccc2c1. The molecule has 0 aromatic heterocycles. The highest BCUT2D eigenvalue weighted by molar-refractivity contribution is 6.27. The molecule has 10 aromatic rings. The molecule has 0 heteroatoms. The fourth-order valence-corrected chi connectivity index (χ4v) is 7.77. The zero-order valence-corrected chi connectivity index (χ0v) is 24.0. The van der Waals surface area contributed by atoms with E-state index in [0.717, 1.165) is 0 Å². The average molecular weight is 555 g/mol. The molecule has 0 amide bonds. The van der Waals surface area contributed by atoms with Gasteiger partial charge in [-0.25, -0.2) is 0 Å². The van der Waals surface area contributed by atoms with E-state index >= 15 is 0 Å². The van der Waals surface area contributed by atoms with Gasteiger partial charge in [0, 0.05) is 0 Å².